The first-order valence-corrected chi connectivity index (χ1v) is 7.64. The van der Waals surface area contributed by atoms with Crippen molar-refractivity contribution < 1.29 is 13.2 Å². The number of nitrogens with two attached hydrogens (primary N) is 1. The maximum absolute atomic E-state index is 12.3. The molecule has 0 atom stereocenters. The van der Waals surface area contributed by atoms with Crippen molar-refractivity contribution in [1.82, 2.24) is 9.97 Å². The zero-order chi connectivity index (χ0) is 15.0. The molecule has 0 radical (unpaired) electrons. The van der Waals surface area contributed by atoms with E-state index in [1.54, 1.807) is 11.3 Å². The second kappa shape index (κ2) is 5.42. The van der Waals surface area contributed by atoms with Crippen LogP contribution in [0.2, 0.25) is 0 Å². The van der Waals surface area contributed by atoms with Crippen LogP contribution in [0.1, 0.15) is 35.5 Å². The molecular weight excluding hydrogens is 301 g/mol. The smallest absolute Gasteiger partial charge is 0.308 e. The van der Waals surface area contributed by atoms with Gasteiger partial charge < -0.3 is 5.43 Å². The Morgan fingerprint density at radius 2 is 1.95 bits per heavy atom. The van der Waals surface area contributed by atoms with Crippen molar-refractivity contribution in [3.8, 4) is 0 Å². The lowest BCUT2D eigenvalue weighted by molar-refractivity contribution is -0.134. The number of aryl methyl sites for hydroxylation is 3. The summed E-state index contributed by atoms with van der Waals surface area (Å²) in [4.78, 5) is 10.5. The Labute approximate surface area is 123 Å². The van der Waals surface area contributed by atoms with Gasteiger partial charge in [-0.05, 0) is 31.2 Å². The second-order valence-corrected chi connectivity index (χ2v) is 6.22. The number of thiophene rings is 1. The molecule has 114 valence electrons. The molecular formula is C13H15F3N4S. The van der Waals surface area contributed by atoms with Crippen LogP contribution >= 0.6 is 11.3 Å². The molecule has 1 aliphatic rings. The van der Waals surface area contributed by atoms with Crippen LogP contribution in [0, 0.1) is 0 Å². The van der Waals surface area contributed by atoms with E-state index in [2.05, 4.69) is 15.4 Å². The van der Waals surface area contributed by atoms with Crippen LogP contribution in [0.4, 0.5) is 19.0 Å². The fourth-order valence-corrected chi connectivity index (χ4v) is 3.95. The minimum Gasteiger partial charge on any atom is -0.308 e. The minimum atomic E-state index is -4.21. The average molecular weight is 316 g/mol. The number of rotatable bonds is 3. The zero-order valence-electron chi connectivity index (χ0n) is 11.3. The van der Waals surface area contributed by atoms with Gasteiger partial charge in [-0.2, -0.15) is 13.2 Å². The normalized spacial score (nSPS) is 15.2. The average Bonchev–Trinajstić information content (AvgIpc) is 2.81. The van der Waals surface area contributed by atoms with Crippen molar-refractivity contribution in [2.75, 3.05) is 5.43 Å². The summed E-state index contributed by atoms with van der Waals surface area (Å²) in [6, 6.07) is 0. The summed E-state index contributed by atoms with van der Waals surface area (Å²) in [5.74, 6) is 6.13. The molecule has 0 aromatic carbocycles. The summed E-state index contributed by atoms with van der Waals surface area (Å²) >= 11 is 1.55. The van der Waals surface area contributed by atoms with Crippen molar-refractivity contribution in [3.05, 3.63) is 16.3 Å². The summed E-state index contributed by atoms with van der Waals surface area (Å²) in [6.45, 7) is 0. The van der Waals surface area contributed by atoms with Gasteiger partial charge in [0, 0.05) is 11.3 Å². The molecule has 1 aliphatic carbocycles. The molecule has 0 bridgehead atoms. The number of nitrogens with zero attached hydrogens (tertiary/aromatic N) is 2. The lowest BCUT2D eigenvalue weighted by Gasteiger charge is -2.12. The van der Waals surface area contributed by atoms with E-state index in [9.17, 15) is 13.2 Å². The third kappa shape index (κ3) is 2.96. The Morgan fingerprint density at radius 1 is 1.19 bits per heavy atom. The standard InChI is InChI=1S/C13H15F3N4S/c14-13(15,16)6-5-9-18-11(20-17)10-7-3-1-2-4-8(7)21-12(10)19-9/h1-6,17H2,(H,18,19,20). The Hall–Kier alpha value is -1.41. The lowest BCUT2D eigenvalue weighted by atomic mass is 9.97. The SMILES string of the molecule is NNc1nc(CCC(F)(F)F)nc2sc3c(c12)CCCC3. The summed E-state index contributed by atoms with van der Waals surface area (Å²) in [5.41, 5.74) is 3.72. The number of halogens is 3. The summed E-state index contributed by atoms with van der Waals surface area (Å²) in [6.07, 6.45) is -1.15. The molecule has 3 rings (SSSR count). The first kappa shape index (κ1) is 14.5. The highest BCUT2D eigenvalue weighted by Gasteiger charge is 2.28. The highest BCUT2D eigenvalue weighted by Crippen LogP contribution is 2.38. The van der Waals surface area contributed by atoms with Crippen molar-refractivity contribution in [2.24, 2.45) is 5.84 Å². The number of alkyl halides is 3. The van der Waals surface area contributed by atoms with Crippen LogP contribution in [0.25, 0.3) is 10.2 Å². The molecule has 2 aromatic heterocycles. The zero-order valence-corrected chi connectivity index (χ0v) is 12.1. The predicted octanol–water partition coefficient (Wildman–Crippen LogP) is 3.35. The molecule has 0 aliphatic heterocycles. The summed E-state index contributed by atoms with van der Waals surface area (Å²) in [5, 5.41) is 0.882. The fourth-order valence-electron chi connectivity index (χ4n) is 2.67. The largest absolute Gasteiger partial charge is 0.389 e. The summed E-state index contributed by atoms with van der Waals surface area (Å²) < 4.78 is 37.0. The van der Waals surface area contributed by atoms with Crippen LogP contribution in [0.3, 0.4) is 0 Å². The first-order valence-electron chi connectivity index (χ1n) is 6.82. The molecule has 8 heteroatoms. The lowest BCUT2D eigenvalue weighted by Crippen LogP contribution is -2.14. The molecule has 3 N–H and O–H groups in total. The maximum Gasteiger partial charge on any atom is 0.389 e. The van der Waals surface area contributed by atoms with Crippen molar-refractivity contribution in [2.45, 2.75) is 44.7 Å². The number of nitrogens with one attached hydrogen (secondary N) is 1. The van der Waals surface area contributed by atoms with Crippen LogP contribution in [0.15, 0.2) is 0 Å². The van der Waals surface area contributed by atoms with Gasteiger partial charge in [0.05, 0.1) is 11.8 Å². The molecule has 0 amide bonds. The molecule has 0 unspecified atom stereocenters. The van der Waals surface area contributed by atoms with Crippen molar-refractivity contribution in [1.29, 1.82) is 0 Å². The number of hydrogen-bond acceptors (Lipinski definition) is 5. The third-order valence-electron chi connectivity index (χ3n) is 3.63. The fraction of sp³-hybridized carbons (Fsp3) is 0.538. The Kier molecular flexibility index (Phi) is 3.75. The van der Waals surface area contributed by atoms with Gasteiger partial charge in [0.1, 0.15) is 10.7 Å². The quantitative estimate of drug-likeness (QED) is 0.673. The van der Waals surface area contributed by atoms with E-state index in [-0.39, 0.29) is 12.2 Å². The number of hydrazine groups is 1. The van der Waals surface area contributed by atoms with Gasteiger partial charge in [-0.1, -0.05) is 0 Å². The van der Waals surface area contributed by atoms with Crippen LogP contribution in [-0.2, 0) is 19.3 Å². The van der Waals surface area contributed by atoms with Gasteiger partial charge in [-0.3, -0.25) is 0 Å². The predicted molar refractivity (Wildman–Crippen MR) is 76.2 cm³/mol. The van der Waals surface area contributed by atoms with Gasteiger partial charge in [0.2, 0.25) is 0 Å². The number of hydrogen-bond donors (Lipinski definition) is 2. The monoisotopic (exact) mass is 316 g/mol. The highest BCUT2D eigenvalue weighted by molar-refractivity contribution is 7.19. The van der Waals surface area contributed by atoms with Gasteiger partial charge in [0.15, 0.2) is 5.82 Å². The minimum absolute atomic E-state index is 0.186. The van der Waals surface area contributed by atoms with Gasteiger partial charge in [-0.25, -0.2) is 15.8 Å². The third-order valence-corrected chi connectivity index (χ3v) is 4.82. The van der Waals surface area contributed by atoms with Crippen LogP contribution in [0.5, 0.6) is 0 Å². The molecule has 0 saturated heterocycles. The van der Waals surface area contributed by atoms with E-state index in [0.29, 0.717) is 5.82 Å². The summed E-state index contributed by atoms with van der Waals surface area (Å²) in [7, 11) is 0. The number of aromatic nitrogens is 2. The van der Waals surface area contributed by atoms with E-state index in [4.69, 9.17) is 5.84 Å². The first-order chi connectivity index (χ1) is 9.98. The molecule has 2 aromatic rings. The number of anilines is 1. The highest BCUT2D eigenvalue weighted by atomic mass is 32.1. The van der Waals surface area contributed by atoms with Gasteiger partial charge in [0.25, 0.3) is 0 Å². The second-order valence-electron chi connectivity index (χ2n) is 5.14. The van der Waals surface area contributed by atoms with Gasteiger partial charge >= 0.3 is 6.18 Å². The Morgan fingerprint density at radius 3 is 2.67 bits per heavy atom. The van der Waals surface area contributed by atoms with E-state index < -0.39 is 12.6 Å². The van der Waals surface area contributed by atoms with Crippen LogP contribution < -0.4 is 11.3 Å². The van der Waals surface area contributed by atoms with Crippen LogP contribution in [-0.4, -0.2) is 16.1 Å². The van der Waals surface area contributed by atoms with Gasteiger partial charge in [-0.15, -0.1) is 11.3 Å². The molecule has 0 saturated carbocycles. The van der Waals surface area contributed by atoms with E-state index >= 15 is 0 Å². The maximum atomic E-state index is 12.3. The molecule has 2 heterocycles. The van der Waals surface area contributed by atoms with Crippen molar-refractivity contribution in [3.63, 3.8) is 0 Å². The molecule has 0 spiro atoms. The Bertz CT molecular complexity index is 665. The van der Waals surface area contributed by atoms with Crippen molar-refractivity contribution >= 4 is 27.4 Å². The van der Waals surface area contributed by atoms with E-state index in [1.165, 1.54) is 10.4 Å². The van der Waals surface area contributed by atoms with E-state index in [1.807, 2.05) is 0 Å². The van der Waals surface area contributed by atoms with E-state index in [0.717, 1.165) is 35.9 Å². The molecule has 21 heavy (non-hydrogen) atoms. The topological polar surface area (TPSA) is 63.8 Å². The number of fused-ring (bicyclic) bond motifs is 3. The molecule has 0 fully saturated rings. The Balaban J connectivity index is 2.01. The molecule has 4 nitrogen and oxygen atoms in total. The number of nitrogen functional groups attached to an aromatic ring is 1.